The molecule has 0 aromatic heterocycles. The summed E-state index contributed by atoms with van der Waals surface area (Å²) in [6, 6.07) is 0. The van der Waals surface area contributed by atoms with Gasteiger partial charge in [-0.1, -0.05) is 25.5 Å². The van der Waals surface area contributed by atoms with Crippen LogP contribution in [0.1, 0.15) is 27.2 Å². The number of alkyl halides is 1. The fourth-order valence-electron chi connectivity index (χ4n) is 3.06. The minimum absolute atomic E-state index is 0.0573. The van der Waals surface area contributed by atoms with Crippen LogP contribution < -0.4 is 0 Å². The molecule has 0 unspecified atom stereocenters. The molecule has 16 heavy (non-hydrogen) atoms. The Kier molecular flexibility index (Phi) is 3.93. The first kappa shape index (κ1) is 12.4. The van der Waals surface area contributed by atoms with Gasteiger partial charge >= 0.3 is 0 Å². The van der Waals surface area contributed by atoms with E-state index in [0.29, 0.717) is 30.2 Å². The molecule has 2 rings (SSSR count). The third kappa shape index (κ3) is 2.44. The van der Waals surface area contributed by atoms with Gasteiger partial charge < -0.3 is 9.47 Å². The van der Waals surface area contributed by atoms with Gasteiger partial charge in [-0.3, -0.25) is 0 Å². The Hall–Kier alpha value is -0.0500. The lowest BCUT2D eigenvalue weighted by Gasteiger charge is -2.35. The van der Waals surface area contributed by atoms with Crippen LogP contribution in [0.4, 0.5) is 0 Å². The van der Waals surface area contributed by atoms with Gasteiger partial charge in [-0.25, -0.2) is 0 Å². The van der Waals surface area contributed by atoms with E-state index in [2.05, 4.69) is 26.8 Å². The summed E-state index contributed by atoms with van der Waals surface area (Å²) in [4.78, 5) is 0. The molecule has 3 heteroatoms. The van der Waals surface area contributed by atoms with Gasteiger partial charge in [0, 0.05) is 5.92 Å². The molecule has 0 aromatic rings. The Labute approximate surface area is 103 Å². The molecule has 5 atom stereocenters. The van der Waals surface area contributed by atoms with Gasteiger partial charge in [0.05, 0.1) is 18.6 Å². The van der Waals surface area contributed by atoms with E-state index in [0.717, 1.165) is 6.42 Å². The van der Waals surface area contributed by atoms with Crippen molar-refractivity contribution in [1.82, 2.24) is 0 Å². The summed E-state index contributed by atoms with van der Waals surface area (Å²) in [5.41, 5.74) is 1.49. The van der Waals surface area contributed by atoms with Crippen molar-refractivity contribution in [3.05, 3.63) is 11.6 Å². The summed E-state index contributed by atoms with van der Waals surface area (Å²) in [7, 11) is 0. The molecule has 0 N–H and O–H groups in total. The second-order valence-corrected chi connectivity index (χ2v) is 5.55. The molecule has 1 heterocycles. The van der Waals surface area contributed by atoms with Gasteiger partial charge in [0.1, 0.15) is 0 Å². The van der Waals surface area contributed by atoms with Gasteiger partial charge in [-0.05, 0) is 25.2 Å². The maximum absolute atomic E-state index is 5.84. The Bertz CT molecular complexity index is 277. The molecule has 1 fully saturated rings. The number of hydrogen-bond donors (Lipinski definition) is 0. The Morgan fingerprint density at radius 3 is 2.75 bits per heavy atom. The van der Waals surface area contributed by atoms with Gasteiger partial charge in [0.25, 0.3) is 0 Å². The number of ether oxygens (including phenoxy) is 2. The fraction of sp³-hybridized carbons (Fsp3) is 0.846. The van der Waals surface area contributed by atoms with Crippen LogP contribution in [0.25, 0.3) is 0 Å². The van der Waals surface area contributed by atoms with E-state index in [-0.39, 0.29) is 12.4 Å². The Morgan fingerprint density at radius 1 is 1.44 bits per heavy atom. The van der Waals surface area contributed by atoms with Crippen molar-refractivity contribution < 1.29 is 9.47 Å². The summed E-state index contributed by atoms with van der Waals surface area (Å²) in [6.07, 6.45) is 3.53. The van der Waals surface area contributed by atoms with Gasteiger partial charge in [-0.2, -0.15) is 0 Å². The summed E-state index contributed by atoms with van der Waals surface area (Å²) >= 11 is 5.79. The minimum Gasteiger partial charge on any atom is -0.350 e. The zero-order valence-corrected chi connectivity index (χ0v) is 11.0. The quantitative estimate of drug-likeness (QED) is 0.549. The number of halogens is 1. The van der Waals surface area contributed by atoms with E-state index in [1.807, 2.05) is 0 Å². The molecule has 0 aromatic carbocycles. The lowest BCUT2D eigenvalue weighted by molar-refractivity contribution is -0.119. The highest BCUT2D eigenvalue weighted by Gasteiger charge is 2.39. The first-order valence-corrected chi connectivity index (χ1v) is 6.65. The van der Waals surface area contributed by atoms with Crippen molar-refractivity contribution in [2.75, 3.05) is 12.5 Å². The number of rotatable bonds is 2. The first-order valence-electron chi connectivity index (χ1n) is 6.12. The zero-order chi connectivity index (χ0) is 11.7. The second kappa shape index (κ2) is 5.07. The van der Waals surface area contributed by atoms with Gasteiger partial charge in [-0.15, -0.1) is 11.6 Å². The smallest absolute Gasteiger partial charge is 0.161 e. The van der Waals surface area contributed by atoms with Crippen LogP contribution in [0, 0.1) is 17.8 Å². The molecule has 0 bridgehead atoms. The molecule has 92 valence electrons. The van der Waals surface area contributed by atoms with Crippen molar-refractivity contribution in [2.24, 2.45) is 17.8 Å². The zero-order valence-electron chi connectivity index (χ0n) is 10.3. The van der Waals surface area contributed by atoms with Crippen molar-refractivity contribution in [3.63, 3.8) is 0 Å². The molecule has 1 aliphatic heterocycles. The molecule has 1 saturated heterocycles. The van der Waals surface area contributed by atoms with Gasteiger partial charge in [0.15, 0.2) is 6.29 Å². The molecule has 2 aliphatic rings. The minimum atomic E-state index is -0.0573. The van der Waals surface area contributed by atoms with Crippen LogP contribution in [-0.2, 0) is 9.47 Å². The molecule has 0 radical (unpaired) electrons. The molecule has 1 aliphatic carbocycles. The third-order valence-electron chi connectivity index (χ3n) is 3.71. The summed E-state index contributed by atoms with van der Waals surface area (Å²) in [6.45, 7) is 7.40. The van der Waals surface area contributed by atoms with E-state index in [4.69, 9.17) is 21.1 Å². The van der Waals surface area contributed by atoms with Gasteiger partial charge in [0.2, 0.25) is 0 Å². The summed E-state index contributed by atoms with van der Waals surface area (Å²) < 4.78 is 11.6. The third-order valence-corrected chi connectivity index (χ3v) is 4.06. The average Bonchev–Trinajstić information content (AvgIpc) is 2.64. The van der Waals surface area contributed by atoms with E-state index in [9.17, 15) is 0 Å². The van der Waals surface area contributed by atoms with Crippen LogP contribution in [0.3, 0.4) is 0 Å². The first-order chi connectivity index (χ1) is 7.61. The summed E-state index contributed by atoms with van der Waals surface area (Å²) in [5.74, 6) is 2.15. The monoisotopic (exact) mass is 244 g/mol. The molecule has 0 saturated carbocycles. The SMILES string of the molecule is CC1=C[C@H](C)[C@H]([C@@H]2OC[C@H](CCl)O2)[C@@H](C)C1. The highest BCUT2D eigenvalue weighted by Crippen LogP contribution is 2.38. The van der Waals surface area contributed by atoms with E-state index >= 15 is 0 Å². The fourth-order valence-corrected chi connectivity index (χ4v) is 3.22. The number of allylic oxidation sites excluding steroid dienone is 2. The Balaban J connectivity index is 2.04. The second-order valence-electron chi connectivity index (χ2n) is 5.25. The highest BCUT2D eigenvalue weighted by molar-refractivity contribution is 6.18. The predicted molar refractivity (Wildman–Crippen MR) is 65.5 cm³/mol. The Morgan fingerprint density at radius 2 is 2.19 bits per heavy atom. The molecule has 2 nitrogen and oxygen atoms in total. The van der Waals surface area contributed by atoms with Crippen molar-refractivity contribution in [2.45, 2.75) is 39.6 Å². The van der Waals surface area contributed by atoms with Crippen LogP contribution in [0.5, 0.6) is 0 Å². The van der Waals surface area contributed by atoms with E-state index in [1.54, 1.807) is 0 Å². The average molecular weight is 245 g/mol. The van der Waals surface area contributed by atoms with Crippen molar-refractivity contribution >= 4 is 11.6 Å². The topological polar surface area (TPSA) is 18.5 Å². The van der Waals surface area contributed by atoms with Crippen LogP contribution in [0.15, 0.2) is 11.6 Å². The lowest BCUT2D eigenvalue weighted by atomic mass is 9.74. The number of hydrogen-bond acceptors (Lipinski definition) is 2. The molecular weight excluding hydrogens is 224 g/mol. The van der Waals surface area contributed by atoms with Crippen molar-refractivity contribution in [3.8, 4) is 0 Å². The molecule has 0 amide bonds. The summed E-state index contributed by atoms with van der Waals surface area (Å²) in [5, 5.41) is 0. The van der Waals surface area contributed by atoms with Crippen molar-refractivity contribution in [1.29, 1.82) is 0 Å². The predicted octanol–water partition coefficient (Wildman–Crippen LogP) is 3.21. The van der Waals surface area contributed by atoms with Crippen LogP contribution in [-0.4, -0.2) is 24.9 Å². The van der Waals surface area contributed by atoms with Crippen LogP contribution in [0.2, 0.25) is 0 Å². The normalized spacial score (nSPS) is 44.5. The van der Waals surface area contributed by atoms with E-state index in [1.165, 1.54) is 5.57 Å². The highest BCUT2D eigenvalue weighted by atomic mass is 35.5. The molecular formula is C13H21ClO2. The maximum atomic E-state index is 5.84. The lowest BCUT2D eigenvalue weighted by Crippen LogP contribution is -2.35. The van der Waals surface area contributed by atoms with E-state index < -0.39 is 0 Å². The maximum Gasteiger partial charge on any atom is 0.161 e. The van der Waals surface area contributed by atoms with Crippen LogP contribution >= 0.6 is 11.6 Å². The standard InChI is InChI=1S/C13H21ClO2/c1-8-4-9(2)12(10(3)5-8)13-15-7-11(6-14)16-13/h4,9-13H,5-7H2,1-3H3/t9-,10-,11-,12-,13+/m0/s1. The molecule has 0 spiro atoms. The largest absolute Gasteiger partial charge is 0.350 e.